The van der Waals surface area contributed by atoms with Crippen LogP contribution >= 0.6 is 23.2 Å². The van der Waals surface area contributed by atoms with Crippen molar-refractivity contribution in [3.63, 3.8) is 0 Å². The fourth-order valence-electron chi connectivity index (χ4n) is 4.51. The maximum Gasteiger partial charge on any atom is 0.223 e. The zero-order chi connectivity index (χ0) is 23.9. The number of methoxy groups -OCH3 is 2. The third-order valence-electron chi connectivity index (χ3n) is 6.14. The van der Waals surface area contributed by atoms with Crippen molar-refractivity contribution in [1.29, 1.82) is 0 Å². The number of benzene rings is 2. The molecule has 1 aliphatic heterocycles. The van der Waals surface area contributed by atoms with Crippen LogP contribution in [0.3, 0.4) is 0 Å². The number of halogens is 2. The number of hydrogen-bond donors (Lipinski definition) is 2. The zero-order valence-corrected chi connectivity index (χ0v) is 20.8. The Morgan fingerprint density at radius 3 is 2.36 bits per heavy atom. The van der Waals surface area contributed by atoms with E-state index in [1.54, 1.807) is 26.5 Å². The second-order valence-corrected chi connectivity index (χ2v) is 9.69. The highest BCUT2D eigenvalue weighted by molar-refractivity contribution is 6.41. The number of likely N-dealkylation sites (N-methyl/N-ethyl adjacent to an activating group) is 1. The lowest BCUT2D eigenvalue weighted by molar-refractivity contribution is 0.00602. The van der Waals surface area contributed by atoms with Gasteiger partial charge in [-0.2, -0.15) is 0 Å². The van der Waals surface area contributed by atoms with Crippen molar-refractivity contribution in [3.05, 3.63) is 40.5 Å². The van der Waals surface area contributed by atoms with Gasteiger partial charge < -0.3 is 19.9 Å². The minimum absolute atomic E-state index is 0.0763. The van der Waals surface area contributed by atoms with Gasteiger partial charge in [0.15, 0.2) is 0 Å². The van der Waals surface area contributed by atoms with E-state index in [1.165, 1.54) is 0 Å². The van der Waals surface area contributed by atoms with Gasteiger partial charge in [0.2, 0.25) is 5.95 Å². The van der Waals surface area contributed by atoms with Crippen LogP contribution in [0.25, 0.3) is 22.0 Å². The van der Waals surface area contributed by atoms with Crippen LogP contribution in [0.5, 0.6) is 11.5 Å². The van der Waals surface area contributed by atoms with Crippen LogP contribution in [0.1, 0.15) is 20.3 Å². The smallest absolute Gasteiger partial charge is 0.223 e. The Balaban J connectivity index is 1.62. The Labute approximate surface area is 203 Å². The van der Waals surface area contributed by atoms with Gasteiger partial charge in [-0.3, -0.25) is 4.90 Å². The molecule has 2 aromatic carbocycles. The summed E-state index contributed by atoms with van der Waals surface area (Å²) in [5.74, 6) is 1.52. The van der Waals surface area contributed by atoms with E-state index in [0.717, 1.165) is 29.4 Å². The molecular weight excluding hydrogens is 463 g/mol. The molecule has 9 heteroatoms. The number of hydrogen-bond acceptors (Lipinski definition) is 7. The third-order valence-corrected chi connectivity index (χ3v) is 6.89. The van der Waals surface area contributed by atoms with Gasteiger partial charge in [0.1, 0.15) is 11.5 Å². The van der Waals surface area contributed by atoms with Crippen molar-refractivity contribution >= 4 is 40.1 Å². The number of aromatic nitrogens is 2. The molecule has 0 radical (unpaired) electrons. The number of aliphatic hydroxyl groups is 1. The van der Waals surface area contributed by atoms with Crippen LogP contribution in [0.4, 0.5) is 5.95 Å². The number of likely N-dealkylation sites (tertiary alicyclic amines) is 1. The van der Waals surface area contributed by atoms with Crippen molar-refractivity contribution in [2.75, 3.05) is 33.1 Å². The Kier molecular flexibility index (Phi) is 6.60. The van der Waals surface area contributed by atoms with Crippen molar-refractivity contribution in [2.45, 2.75) is 38.0 Å². The average Bonchev–Trinajstić information content (AvgIpc) is 3.14. The number of fused-ring (bicyclic) bond motifs is 1. The van der Waals surface area contributed by atoms with Crippen LogP contribution < -0.4 is 14.8 Å². The summed E-state index contributed by atoms with van der Waals surface area (Å²) in [4.78, 5) is 11.4. The molecule has 2 N–H and O–H groups in total. The first kappa shape index (κ1) is 23.8. The minimum Gasteiger partial charge on any atom is -0.495 e. The van der Waals surface area contributed by atoms with E-state index in [2.05, 4.69) is 20.2 Å². The summed E-state index contributed by atoms with van der Waals surface area (Å²) in [6.45, 7) is 4.50. The maximum atomic E-state index is 10.4. The highest BCUT2D eigenvalue weighted by Crippen LogP contribution is 2.46. The Morgan fingerprint density at radius 2 is 1.79 bits per heavy atom. The number of anilines is 1. The highest BCUT2D eigenvalue weighted by atomic mass is 35.5. The van der Waals surface area contributed by atoms with Crippen LogP contribution in [-0.4, -0.2) is 65.5 Å². The highest BCUT2D eigenvalue weighted by Gasteiger charge is 2.38. The summed E-state index contributed by atoms with van der Waals surface area (Å²) in [5.41, 5.74) is 1.47. The van der Waals surface area contributed by atoms with Crippen molar-refractivity contribution in [1.82, 2.24) is 14.9 Å². The number of nitrogens with zero attached hydrogens (tertiary/aromatic N) is 3. The van der Waals surface area contributed by atoms with Crippen molar-refractivity contribution in [3.8, 4) is 22.6 Å². The molecule has 176 valence electrons. The molecule has 0 aliphatic carbocycles. The Hall–Kier alpha value is -2.32. The molecule has 0 amide bonds. The van der Waals surface area contributed by atoms with Crippen LogP contribution in [0.2, 0.25) is 10.0 Å². The molecule has 0 saturated carbocycles. The Bertz CT molecular complexity index is 1150. The maximum absolute atomic E-state index is 10.4. The molecule has 3 aromatic rings. The first-order valence-corrected chi connectivity index (χ1v) is 11.4. The van der Waals surface area contributed by atoms with E-state index in [1.807, 2.05) is 39.1 Å². The summed E-state index contributed by atoms with van der Waals surface area (Å²) in [6.07, 6.45) is 2.59. The normalized spacial score (nSPS) is 19.2. The predicted molar refractivity (Wildman–Crippen MR) is 133 cm³/mol. The molecule has 4 rings (SSSR count). The molecule has 0 spiro atoms. The lowest BCUT2D eigenvalue weighted by Gasteiger charge is -2.30. The SMILES string of the molecule is COc1cc(OC)c(Cl)c(-c2ccc3nc(NC4CC(C(C)(C)O)N(C)C4)ncc3c2)c1Cl. The summed E-state index contributed by atoms with van der Waals surface area (Å²) in [6, 6.07) is 7.67. The molecule has 33 heavy (non-hydrogen) atoms. The summed E-state index contributed by atoms with van der Waals surface area (Å²) in [5, 5.41) is 15.5. The van der Waals surface area contributed by atoms with Gasteiger partial charge >= 0.3 is 0 Å². The van der Waals surface area contributed by atoms with Gasteiger partial charge in [0, 0.05) is 41.8 Å². The molecule has 2 atom stereocenters. The zero-order valence-electron chi connectivity index (χ0n) is 19.3. The molecule has 7 nitrogen and oxygen atoms in total. The number of ether oxygens (including phenoxy) is 2. The van der Waals surface area contributed by atoms with Gasteiger partial charge in [-0.05, 0) is 45.0 Å². The quantitative estimate of drug-likeness (QED) is 0.509. The van der Waals surface area contributed by atoms with Gasteiger partial charge in [-0.25, -0.2) is 9.97 Å². The van der Waals surface area contributed by atoms with E-state index >= 15 is 0 Å². The van der Waals surface area contributed by atoms with Crippen LogP contribution in [0, 0.1) is 0 Å². The third kappa shape index (κ3) is 4.68. The summed E-state index contributed by atoms with van der Waals surface area (Å²) >= 11 is 13.2. The lowest BCUT2D eigenvalue weighted by Crippen LogP contribution is -2.43. The number of rotatable bonds is 6. The van der Waals surface area contributed by atoms with E-state index < -0.39 is 5.60 Å². The fraction of sp³-hybridized carbons (Fsp3) is 0.417. The Morgan fingerprint density at radius 1 is 1.12 bits per heavy atom. The average molecular weight is 491 g/mol. The standard InChI is InChI=1S/C24H28Cl2N4O3/c1-24(2,31)19-9-15(12-30(19)3)28-23-27-11-14-8-13(6-7-16(14)29-23)20-21(25)17(32-4)10-18(33-5)22(20)26/h6-8,10-11,15,19,31H,9,12H2,1-5H3,(H,27,28,29). The topological polar surface area (TPSA) is 79.7 Å². The monoisotopic (exact) mass is 490 g/mol. The first-order chi connectivity index (χ1) is 15.6. The summed E-state index contributed by atoms with van der Waals surface area (Å²) in [7, 11) is 5.12. The second-order valence-electron chi connectivity index (χ2n) is 8.94. The molecule has 0 bridgehead atoms. The van der Waals surface area contributed by atoms with E-state index in [4.69, 9.17) is 32.7 Å². The van der Waals surface area contributed by atoms with Gasteiger partial charge in [0.05, 0.1) is 35.4 Å². The fourth-order valence-corrected chi connectivity index (χ4v) is 5.23. The summed E-state index contributed by atoms with van der Waals surface area (Å²) < 4.78 is 10.8. The molecule has 1 aliphatic rings. The molecular formula is C24H28Cl2N4O3. The largest absolute Gasteiger partial charge is 0.495 e. The van der Waals surface area contributed by atoms with E-state index in [9.17, 15) is 5.11 Å². The second kappa shape index (κ2) is 9.14. The van der Waals surface area contributed by atoms with Crippen molar-refractivity contribution < 1.29 is 14.6 Å². The predicted octanol–water partition coefficient (Wildman–Crippen LogP) is 4.88. The number of nitrogens with one attached hydrogen (secondary N) is 1. The molecule has 2 heterocycles. The molecule has 1 aromatic heterocycles. The first-order valence-electron chi connectivity index (χ1n) is 10.7. The van der Waals surface area contributed by atoms with Gasteiger partial charge in [0.25, 0.3) is 0 Å². The van der Waals surface area contributed by atoms with Gasteiger partial charge in [-0.15, -0.1) is 0 Å². The van der Waals surface area contributed by atoms with Crippen LogP contribution in [-0.2, 0) is 0 Å². The lowest BCUT2D eigenvalue weighted by atomic mass is 9.96. The van der Waals surface area contributed by atoms with Crippen molar-refractivity contribution in [2.24, 2.45) is 0 Å². The van der Waals surface area contributed by atoms with Gasteiger partial charge in [-0.1, -0.05) is 29.3 Å². The molecule has 2 unspecified atom stereocenters. The molecule has 1 fully saturated rings. The minimum atomic E-state index is -0.767. The van der Waals surface area contributed by atoms with E-state index in [-0.39, 0.29) is 12.1 Å². The van der Waals surface area contributed by atoms with E-state index in [0.29, 0.717) is 33.1 Å². The van der Waals surface area contributed by atoms with Crippen LogP contribution in [0.15, 0.2) is 30.5 Å². The molecule has 1 saturated heterocycles.